The van der Waals surface area contributed by atoms with Gasteiger partial charge in [-0.1, -0.05) is 27.7 Å². The average Bonchev–Trinajstić information content (AvgIpc) is 1.94. The highest BCUT2D eigenvalue weighted by atomic mass is 15.1. The van der Waals surface area contributed by atoms with E-state index in [0.29, 0.717) is 17.4 Å². The van der Waals surface area contributed by atoms with Crippen LogP contribution in [0.25, 0.3) is 0 Å². The van der Waals surface area contributed by atoms with Crippen LogP contribution in [0.5, 0.6) is 0 Å². The molecule has 0 radical (unpaired) electrons. The summed E-state index contributed by atoms with van der Waals surface area (Å²) >= 11 is 0. The van der Waals surface area contributed by atoms with Crippen molar-refractivity contribution in [2.45, 2.75) is 40.2 Å². The predicted molar refractivity (Wildman–Crippen MR) is 57.7 cm³/mol. The Morgan fingerprint density at radius 1 is 1.38 bits per heavy atom. The molecule has 1 aliphatic rings. The van der Waals surface area contributed by atoms with Crippen LogP contribution in [-0.2, 0) is 0 Å². The van der Waals surface area contributed by atoms with Crippen LogP contribution in [0.15, 0.2) is 0 Å². The quantitative estimate of drug-likeness (QED) is 0.672. The molecule has 2 heteroatoms. The van der Waals surface area contributed by atoms with Gasteiger partial charge in [0.15, 0.2) is 0 Å². The first kappa shape index (κ1) is 11.0. The summed E-state index contributed by atoms with van der Waals surface area (Å²) in [6.07, 6.45) is 1.16. The zero-order valence-electron chi connectivity index (χ0n) is 9.51. The van der Waals surface area contributed by atoms with E-state index in [1.165, 1.54) is 19.6 Å². The minimum absolute atomic E-state index is 0.418. The number of nitrogens with zero attached hydrogens (tertiary/aromatic N) is 1. The normalized spacial score (nSPS) is 32.1. The van der Waals surface area contributed by atoms with E-state index in [2.05, 4.69) is 32.6 Å². The molecular formula is C11H24N2. The van der Waals surface area contributed by atoms with Crippen molar-refractivity contribution < 1.29 is 0 Å². The lowest BCUT2D eigenvalue weighted by Crippen LogP contribution is -2.48. The molecule has 78 valence electrons. The Morgan fingerprint density at radius 2 is 2.00 bits per heavy atom. The molecule has 0 aromatic heterocycles. The first-order chi connectivity index (χ1) is 5.88. The van der Waals surface area contributed by atoms with Crippen LogP contribution in [0.3, 0.4) is 0 Å². The molecule has 0 aliphatic carbocycles. The van der Waals surface area contributed by atoms with Crippen molar-refractivity contribution in [1.29, 1.82) is 0 Å². The summed E-state index contributed by atoms with van der Waals surface area (Å²) in [5, 5.41) is 0. The van der Waals surface area contributed by atoms with Gasteiger partial charge < -0.3 is 10.6 Å². The number of likely N-dealkylation sites (tertiary alicyclic amines) is 1. The molecule has 0 bridgehead atoms. The third kappa shape index (κ3) is 3.65. The highest BCUT2D eigenvalue weighted by Crippen LogP contribution is 2.20. The van der Waals surface area contributed by atoms with Gasteiger partial charge in [0.25, 0.3) is 0 Å². The maximum Gasteiger partial charge on any atom is 0.00889 e. The number of hydrogen-bond donors (Lipinski definition) is 1. The summed E-state index contributed by atoms with van der Waals surface area (Å²) < 4.78 is 0. The Kier molecular flexibility index (Phi) is 3.36. The Hall–Kier alpha value is -0.0800. The molecule has 1 heterocycles. The Morgan fingerprint density at radius 3 is 2.46 bits per heavy atom. The van der Waals surface area contributed by atoms with Gasteiger partial charge in [0.05, 0.1) is 0 Å². The summed E-state index contributed by atoms with van der Waals surface area (Å²) in [4.78, 5) is 2.55. The van der Waals surface area contributed by atoms with Crippen LogP contribution in [0.1, 0.15) is 34.1 Å². The van der Waals surface area contributed by atoms with E-state index in [-0.39, 0.29) is 0 Å². The fourth-order valence-electron chi connectivity index (χ4n) is 2.06. The van der Waals surface area contributed by atoms with E-state index >= 15 is 0 Å². The van der Waals surface area contributed by atoms with Gasteiger partial charge in [0, 0.05) is 19.1 Å². The monoisotopic (exact) mass is 184 g/mol. The lowest BCUT2D eigenvalue weighted by atomic mass is 9.91. The molecule has 1 saturated heterocycles. The molecule has 13 heavy (non-hydrogen) atoms. The van der Waals surface area contributed by atoms with Gasteiger partial charge >= 0.3 is 0 Å². The van der Waals surface area contributed by atoms with Gasteiger partial charge in [0.2, 0.25) is 0 Å². The number of hydrogen-bond acceptors (Lipinski definition) is 2. The van der Waals surface area contributed by atoms with E-state index in [1.807, 2.05) is 0 Å². The first-order valence-corrected chi connectivity index (χ1v) is 5.36. The fourth-order valence-corrected chi connectivity index (χ4v) is 2.06. The highest BCUT2D eigenvalue weighted by molar-refractivity contribution is 4.82. The van der Waals surface area contributed by atoms with Crippen LogP contribution in [0, 0.1) is 11.3 Å². The molecule has 0 aromatic carbocycles. The zero-order valence-corrected chi connectivity index (χ0v) is 9.51. The summed E-state index contributed by atoms with van der Waals surface area (Å²) in [5.74, 6) is 0.663. The molecule has 0 spiro atoms. The molecule has 2 atom stereocenters. The van der Waals surface area contributed by atoms with Crippen molar-refractivity contribution in [1.82, 2.24) is 4.90 Å². The Balaban J connectivity index is 2.38. The molecule has 0 amide bonds. The molecule has 2 unspecified atom stereocenters. The summed E-state index contributed by atoms with van der Waals surface area (Å²) in [7, 11) is 0. The number of nitrogens with two attached hydrogens (primary N) is 1. The van der Waals surface area contributed by atoms with Crippen LogP contribution in [0.2, 0.25) is 0 Å². The first-order valence-electron chi connectivity index (χ1n) is 5.36. The zero-order chi connectivity index (χ0) is 10.1. The molecule has 1 aliphatic heterocycles. The van der Waals surface area contributed by atoms with Gasteiger partial charge in [0.1, 0.15) is 0 Å². The van der Waals surface area contributed by atoms with Crippen LogP contribution < -0.4 is 5.73 Å². The molecule has 2 N–H and O–H groups in total. The lowest BCUT2D eigenvalue weighted by molar-refractivity contribution is 0.122. The molecule has 1 rings (SSSR count). The van der Waals surface area contributed by atoms with Crippen LogP contribution in [0.4, 0.5) is 0 Å². The van der Waals surface area contributed by atoms with Crippen molar-refractivity contribution in [3.05, 3.63) is 0 Å². The van der Waals surface area contributed by atoms with Crippen molar-refractivity contribution >= 4 is 0 Å². The topological polar surface area (TPSA) is 29.3 Å². The van der Waals surface area contributed by atoms with Crippen molar-refractivity contribution in [3.63, 3.8) is 0 Å². The number of rotatable bonds is 1. The largest absolute Gasteiger partial charge is 0.327 e. The van der Waals surface area contributed by atoms with Gasteiger partial charge in [-0.3, -0.25) is 0 Å². The minimum Gasteiger partial charge on any atom is -0.327 e. The SMILES string of the molecule is CC1CN(CC(C)(C)C)CCC1N. The van der Waals surface area contributed by atoms with E-state index < -0.39 is 0 Å². The highest BCUT2D eigenvalue weighted by Gasteiger charge is 2.25. The smallest absolute Gasteiger partial charge is 0.00889 e. The summed E-state index contributed by atoms with van der Waals surface area (Å²) in [6.45, 7) is 12.7. The van der Waals surface area contributed by atoms with E-state index in [4.69, 9.17) is 5.73 Å². The second-order valence-corrected chi connectivity index (χ2v) is 5.73. The van der Waals surface area contributed by atoms with Gasteiger partial charge in [-0.15, -0.1) is 0 Å². The van der Waals surface area contributed by atoms with Crippen LogP contribution >= 0.6 is 0 Å². The standard InChI is InChI=1S/C11H24N2/c1-9-7-13(6-5-10(9)12)8-11(2,3)4/h9-10H,5-8,12H2,1-4H3. The Labute approximate surface area is 82.5 Å². The maximum absolute atomic E-state index is 5.98. The number of piperidine rings is 1. The van der Waals surface area contributed by atoms with E-state index in [1.54, 1.807) is 0 Å². The predicted octanol–water partition coefficient (Wildman–Crippen LogP) is 1.70. The van der Waals surface area contributed by atoms with E-state index in [9.17, 15) is 0 Å². The molecule has 2 nitrogen and oxygen atoms in total. The Bertz CT molecular complexity index is 160. The lowest BCUT2D eigenvalue weighted by Gasteiger charge is -2.38. The minimum atomic E-state index is 0.418. The average molecular weight is 184 g/mol. The molecule has 0 saturated carbocycles. The summed E-state index contributed by atoms with van der Waals surface area (Å²) in [6, 6.07) is 0.427. The maximum atomic E-state index is 5.98. The second-order valence-electron chi connectivity index (χ2n) is 5.73. The second kappa shape index (κ2) is 3.97. The fraction of sp³-hybridized carbons (Fsp3) is 1.00. The van der Waals surface area contributed by atoms with Gasteiger partial charge in [-0.25, -0.2) is 0 Å². The molecular weight excluding hydrogens is 160 g/mol. The van der Waals surface area contributed by atoms with Crippen LogP contribution in [-0.4, -0.2) is 30.6 Å². The third-order valence-corrected chi connectivity index (χ3v) is 2.75. The third-order valence-electron chi connectivity index (χ3n) is 2.75. The van der Waals surface area contributed by atoms with Crippen molar-refractivity contribution in [2.24, 2.45) is 17.1 Å². The van der Waals surface area contributed by atoms with Crippen molar-refractivity contribution in [3.8, 4) is 0 Å². The summed E-state index contributed by atoms with van der Waals surface area (Å²) in [5.41, 5.74) is 6.40. The van der Waals surface area contributed by atoms with Gasteiger partial charge in [-0.2, -0.15) is 0 Å². The van der Waals surface area contributed by atoms with Crippen molar-refractivity contribution in [2.75, 3.05) is 19.6 Å². The molecule has 1 fully saturated rings. The van der Waals surface area contributed by atoms with E-state index in [0.717, 1.165) is 6.42 Å². The van der Waals surface area contributed by atoms with Gasteiger partial charge in [-0.05, 0) is 24.3 Å². The molecule has 0 aromatic rings.